The lowest BCUT2D eigenvalue weighted by Crippen LogP contribution is -2.01. The molecular weight excluding hydrogens is 891 g/mol. The monoisotopic (exact) mass is 936 g/mol. The molecule has 0 aliphatic rings. The minimum atomic E-state index is -0.0966. The number of nitrogens with zero attached hydrogens (tertiary/aromatic N) is 6. The van der Waals surface area contributed by atoms with E-state index in [1.165, 1.54) is 57.8 Å². The number of hydrogen-bond acceptors (Lipinski definition) is 10. The molecule has 0 spiro atoms. The molecule has 0 saturated carbocycles. The molecular formula is C53H47Cl3N6O4. The number of fused-ring (bicyclic) bond motifs is 3. The fourth-order valence-corrected chi connectivity index (χ4v) is 7.53. The lowest BCUT2D eigenvalue weighted by atomic mass is 9.99. The summed E-state index contributed by atoms with van der Waals surface area (Å²) in [7, 11) is 0. The van der Waals surface area contributed by atoms with Crippen molar-refractivity contribution in [3.05, 3.63) is 190 Å². The topological polar surface area (TPSA) is 158 Å². The number of hydrogen-bond donors (Lipinski definition) is 4. The molecule has 4 N–H and O–H groups in total. The summed E-state index contributed by atoms with van der Waals surface area (Å²) < 4.78 is 0. The Labute approximate surface area is 398 Å². The van der Waals surface area contributed by atoms with Crippen LogP contribution in [0.15, 0.2) is 158 Å². The van der Waals surface area contributed by atoms with E-state index < -0.39 is 0 Å². The van der Waals surface area contributed by atoms with Gasteiger partial charge >= 0.3 is 0 Å². The van der Waals surface area contributed by atoms with Crippen LogP contribution >= 0.6 is 34.8 Å². The molecule has 0 fully saturated rings. The van der Waals surface area contributed by atoms with Crippen molar-refractivity contribution in [3.8, 4) is 57.2 Å². The number of phenolic OH excluding ortho intramolecular Hbond substituents is 4. The molecule has 10 aromatic rings. The second-order valence-electron chi connectivity index (χ2n) is 14.4. The van der Waals surface area contributed by atoms with E-state index in [1.807, 2.05) is 36.4 Å². The van der Waals surface area contributed by atoms with Gasteiger partial charge in [0.05, 0.1) is 5.56 Å². The first kappa shape index (κ1) is 49.6. The van der Waals surface area contributed by atoms with E-state index in [0.717, 1.165) is 32.7 Å². The number of benzene rings is 8. The van der Waals surface area contributed by atoms with Gasteiger partial charge in [-0.05, 0) is 129 Å². The van der Waals surface area contributed by atoms with Gasteiger partial charge in [-0.1, -0.05) is 136 Å². The third-order valence-corrected chi connectivity index (χ3v) is 10.5. The van der Waals surface area contributed by atoms with Crippen LogP contribution in [0.4, 0.5) is 0 Å². The van der Waals surface area contributed by atoms with Crippen LogP contribution < -0.4 is 0 Å². The van der Waals surface area contributed by atoms with Gasteiger partial charge in [-0.15, -0.1) is 0 Å². The van der Waals surface area contributed by atoms with Gasteiger partial charge in [-0.2, -0.15) is 15.0 Å². The lowest BCUT2D eigenvalue weighted by Gasteiger charge is -2.13. The molecule has 0 saturated heterocycles. The number of phenols is 4. The van der Waals surface area contributed by atoms with E-state index in [0.29, 0.717) is 23.0 Å². The number of aryl methyl sites for hydroxylation is 3. The standard InChI is InChI=1S/C31H23N3O2.C11H10.C6H6O2.C3Cl3N3.2CH4/c1-18-11-14-25(23-9-5-3-7-21(18)23)29-32-30(26-15-12-19(2)22-8-4-6-10-24(22)26)34-31(33-29)27-16-13-20(35)17-28(27)36;1-9-5-4-7-10-6-2-3-8-11(9)10;7-5-2-1-3-6(8)4-5;4-1-7-2(5)9-3(6)8-1;;/h3-17,35-36H,1-2H3;2-8H,1H3;1-4,7-8H;;2*1H4. The second kappa shape index (κ2) is 22.5. The zero-order valence-corrected chi connectivity index (χ0v) is 36.9. The summed E-state index contributed by atoms with van der Waals surface area (Å²) in [6.45, 7) is 6.31. The summed E-state index contributed by atoms with van der Waals surface area (Å²) >= 11 is 16.0. The van der Waals surface area contributed by atoms with E-state index in [9.17, 15) is 10.2 Å². The molecule has 0 atom stereocenters. The van der Waals surface area contributed by atoms with Crippen molar-refractivity contribution in [1.82, 2.24) is 29.9 Å². The largest absolute Gasteiger partial charge is 0.508 e. The van der Waals surface area contributed by atoms with Crippen molar-refractivity contribution in [2.75, 3.05) is 0 Å². The first-order valence-electron chi connectivity index (χ1n) is 19.8. The Morgan fingerprint density at radius 3 is 1.14 bits per heavy atom. The second-order valence-corrected chi connectivity index (χ2v) is 15.4. The third-order valence-electron chi connectivity index (χ3n) is 10.0. The van der Waals surface area contributed by atoms with E-state index in [1.54, 1.807) is 12.1 Å². The summed E-state index contributed by atoms with van der Waals surface area (Å²) in [5.74, 6) is 1.42. The van der Waals surface area contributed by atoms with Gasteiger partial charge in [0, 0.05) is 23.3 Å². The van der Waals surface area contributed by atoms with Crippen molar-refractivity contribution in [2.24, 2.45) is 0 Å². The first-order valence-corrected chi connectivity index (χ1v) is 20.9. The van der Waals surface area contributed by atoms with Gasteiger partial charge in [-0.25, -0.2) is 15.0 Å². The van der Waals surface area contributed by atoms with Crippen molar-refractivity contribution < 1.29 is 20.4 Å². The van der Waals surface area contributed by atoms with E-state index in [2.05, 4.69) is 115 Å². The highest BCUT2D eigenvalue weighted by molar-refractivity contribution is 6.33. The number of rotatable bonds is 3. The van der Waals surface area contributed by atoms with Crippen molar-refractivity contribution in [1.29, 1.82) is 0 Å². The molecule has 66 heavy (non-hydrogen) atoms. The summed E-state index contributed by atoms with van der Waals surface area (Å²) in [5.41, 5.74) is 5.88. The molecule has 10 rings (SSSR count). The molecule has 0 unspecified atom stereocenters. The van der Waals surface area contributed by atoms with Crippen LogP contribution in [0.1, 0.15) is 31.5 Å². The molecule has 0 aliphatic heterocycles. The highest BCUT2D eigenvalue weighted by Gasteiger charge is 2.18. The van der Waals surface area contributed by atoms with Gasteiger partial charge in [0.15, 0.2) is 17.5 Å². The molecule has 0 radical (unpaired) electrons. The fraction of sp³-hybridized carbons (Fsp3) is 0.0943. The normalized spacial score (nSPS) is 10.3. The highest BCUT2D eigenvalue weighted by atomic mass is 35.5. The predicted octanol–water partition coefficient (Wildman–Crippen LogP) is 14.6. The molecule has 0 bridgehead atoms. The molecule has 334 valence electrons. The fourth-order valence-electron chi connectivity index (χ4n) is 6.92. The maximum absolute atomic E-state index is 10.6. The first-order chi connectivity index (χ1) is 30.8. The van der Waals surface area contributed by atoms with Crippen LogP contribution in [0.2, 0.25) is 15.9 Å². The average Bonchev–Trinajstić information content (AvgIpc) is 3.27. The maximum Gasteiger partial charge on any atom is 0.227 e. The molecule has 10 nitrogen and oxygen atoms in total. The zero-order valence-electron chi connectivity index (χ0n) is 34.6. The molecule has 8 aromatic carbocycles. The Balaban J connectivity index is 0.000000219. The van der Waals surface area contributed by atoms with Gasteiger partial charge in [0.2, 0.25) is 15.9 Å². The van der Waals surface area contributed by atoms with Crippen LogP contribution in [0.3, 0.4) is 0 Å². The number of aromatic nitrogens is 6. The number of aromatic hydroxyl groups is 4. The van der Waals surface area contributed by atoms with Crippen LogP contribution in [0.25, 0.3) is 66.5 Å². The van der Waals surface area contributed by atoms with E-state index >= 15 is 0 Å². The summed E-state index contributed by atoms with van der Waals surface area (Å²) in [6, 6.07) is 49.7. The highest BCUT2D eigenvalue weighted by Crippen LogP contribution is 2.36. The lowest BCUT2D eigenvalue weighted by molar-refractivity contribution is 0.450. The predicted molar refractivity (Wildman–Crippen MR) is 271 cm³/mol. The minimum absolute atomic E-state index is 0. The smallest absolute Gasteiger partial charge is 0.227 e. The van der Waals surface area contributed by atoms with Crippen LogP contribution in [-0.2, 0) is 0 Å². The van der Waals surface area contributed by atoms with E-state index in [-0.39, 0.29) is 53.7 Å². The number of halogens is 3. The van der Waals surface area contributed by atoms with Crippen LogP contribution in [0.5, 0.6) is 23.0 Å². The average molecular weight is 938 g/mol. The Kier molecular flexibility index (Phi) is 16.9. The van der Waals surface area contributed by atoms with Crippen molar-refractivity contribution in [3.63, 3.8) is 0 Å². The SMILES string of the molecule is C.C.Cc1ccc(-c2nc(-c3ccc(O)cc3O)nc(-c3ccc(C)c4ccccc34)n2)c2ccccc12.Cc1cccc2ccccc12.Clc1nc(Cl)nc(Cl)n1.Oc1cccc(O)c1. The molecule has 0 amide bonds. The van der Waals surface area contributed by atoms with E-state index in [4.69, 9.17) is 60.0 Å². The Morgan fingerprint density at radius 2 is 0.697 bits per heavy atom. The van der Waals surface area contributed by atoms with Crippen LogP contribution in [0, 0.1) is 20.8 Å². The Morgan fingerprint density at radius 1 is 0.333 bits per heavy atom. The molecule has 2 aromatic heterocycles. The van der Waals surface area contributed by atoms with Crippen molar-refractivity contribution >= 4 is 67.1 Å². The van der Waals surface area contributed by atoms with Crippen molar-refractivity contribution in [2.45, 2.75) is 35.6 Å². The Hall–Kier alpha value is -7.37. The Bertz CT molecular complexity index is 3100. The molecule has 0 aliphatic carbocycles. The minimum Gasteiger partial charge on any atom is -0.508 e. The van der Waals surface area contributed by atoms with Gasteiger partial charge < -0.3 is 20.4 Å². The van der Waals surface area contributed by atoms with Gasteiger partial charge in [0.1, 0.15) is 23.0 Å². The maximum atomic E-state index is 10.6. The van der Waals surface area contributed by atoms with Crippen LogP contribution in [-0.4, -0.2) is 50.3 Å². The summed E-state index contributed by atoms with van der Waals surface area (Å²) in [5, 5.41) is 44.8. The molecule has 13 heteroatoms. The molecule has 2 heterocycles. The summed E-state index contributed by atoms with van der Waals surface area (Å²) in [4.78, 5) is 24.9. The van der Waals surface area contributed by atoms with Gasteiger partial charge in [-0.3, -0.25) is 0 Å². The third kappa shape index (κ3) is 12.0. The van der Waals surface area contributed by atoms with Gasteiger partial charge in [0.25, 0.3) is 0 Å². The quantitative estimate of drug-likeness (QED) is 0.134. The summed E-state index contributed by atoms with van der Waals surface area (Å²) in [6.07, 6.45) is 0. The zero-order chi connectivity index (χ0) is 45.3.